The third kappa shape index (κ3) is 3.79. The fourth-order valence-corrected chi connectivity index (χ4v) is 5.60. The Balaban J connectivity index is 1.82. The minimum Gasteiger partial charge on any atom is -0.501 e. The highest BCUT2D eigenvalue weighted by Crippen LogP contribution is 2.44. The maximum atomic E-state index is 12.7. The Kier molecular flexibility index (Phi) is 5.71. The van der Waals surface area contributed by atoms with Gasteiger partial charge in [0, 0.05) is 31.0 Å². The lowest BCUT2D eigenvalue weighted by Crippen LogP contribution is -2.40. The molecular weight excluding hydrogens is 386 g/mol. The highest BCUT2D eigenvalue weighted by molar-refractivity contribution is 5.65. The van der Waals surface area contributed by atoms with Crippen molar-refractivity contribution in [2.24, 2.45) is 0 Å². The second-order valence-electron chi connectivity index (χ2n) is 9.64. The van der Waals surface area contributed by atoms with Crippen molar-refractivity contribution in [3.63, 3.8) is 0 Å². The zero-order valence-corrected chi connectivity index (χ0v) is 19.4. The quantitative estimate of drug-likeness (QED) is 0.768. The van der Waals surface area contributed by atoms with Crippen LogP contribution in [0.2, 0.25) is 0 Å². The summed E-state index contributed by atoms with van der Waals surface area (Å²) in [5.74, 6) is 0.507. The summed E-state index contributed by atoms with van der Waals surface area (Å²) in [7, 11) is 0. The lowest BCUT2D eigenvalue weighted by Gasteiger charge is -2.38. The molecule has 1 aromatic carbocycles. The number of hydrogen-bond donors (Lipinski definition) is 1. The molecule has 0 amide bonds. The van der Waals surface area contributed by atoms with Crippen molar-refractivity contribution in [3.05, 3.63) is 63.3 Å². The minimum absolute atomic E-state index is 0.0103. The van der Waals surface area contributed by atoms with Crippen LogP contribution in [0.15, 0.2) is 29.6 Å². The molecule has 1 aliphatic heterocycles. The standard InChI is InChI=1S/C26H35N3O2/c1-6-20-13-18(4)14-21(15-20)26(9-7-8-10-26)16-22-27-25(31)24(30)23-19(5)28(17(2)3)11-12-29(22)23/h13-15,17,30H,5-12,16H2,1-4H3. The first kappa shape index (κ1) is 21.7. The third-order valence-corrected chi connectivity index (χ3v) is 7.26. The number of benzene rings is 1. The molecule has 1 aliphatic carbocycles. The van der Waals surface area contributed by atoms with Crippen LogP contribution in [-0.2, 0) is 24.8 Å². The number of hydrogen-bond acceptors (Lipinski definition) is 4. The number of rotatable bonds is 5. The third-order valence-electron chi connectivity index (χ3n) is 7.26. The van der Waals surface area contributed by atoms with E-state index >= 15 is 0 Å². The van der Waals surface area contributed by atoms with Gasteiger partial charge in [-0.05, 0) is 51.2 Å². The van der Waals surface area contributed by atoms with Gasteiger partial charge in [0.05, 0.1) is 5.70 Å². The monoisotopic (exact) mass is 421 g/mol. The van der Waals surface area contributed by atoms with Gasteiger partial charge >= 0.3 is 5.56 Å². The van der Waals surface area contributed by atoms with E-state index in [1.54, 1.807) is 0 Å². The minimum atomic E-state index is -0.542. The van der Waals surface area contributed by atoms with Crippen molar-refractivity contribution in [2.45, 2.75) is 84.2 Å². The van der Waals surface area contributed by atoms with Crippen LogP contribution in [0.25, 0.3) is 5.70 Å². The van der Waals surface area contributed by atoms with Crippen molar-refractivity contribution < 1.29 is 5.11 Å². The number of aromatic nitrogens is 2. The summed E-state index contributed by atoms with van der Waals surface area (Å²) in [4.78, 5) is 19.2. The molecule has 0 radical (unpaired) electrons. The van der Waals surface area contributed by atoms with Crippen molar-refractivity contribution in [3.8, 4) is 5.75 Å². The molecule has 4 rings (SSSR count). The van der Waals surface area contributed by atoms with E-state index in [0.717, 1.165) is 38.1 Å². The summed E-state index contributed by atoms with van der Waals surface area (Å²) in [6.07, 6.45) is 6.32. The van der Waals surface area contributed by atoms with Gasteiger partial charge in [0.15, 0.2) is 0 Å². The molecule has 1 aromatic heterocycles. The van der Waals surface area contributed by atoms with Crippen LogP contribution in [0.3, 0.4) is 0 Å². The van der Waals surface area contributed by atoms with E-state index in [0.29, 0.717) is 17.9 Å². The van der Waals surface area contributed by atoms with Crippen LogP contribution in [0.1, 0.15) is 74.7 Å². The van der Waals surface area contributed by atoms with E-state index in [1.165, 1.54) is 29.5 Å². The molecule has 31 heavy (non-hydrogen) atoms. The zero-order chi connectivity index (χ0) is 22.3. The van der Waals surface area contributed by atoms with E-state index < -0.39 is 5.56 Å². The van der Waals surface area contributed by atoms with Crippen LogP contribution in [0, 0.1) is 6.92 Å². The summed E-state index contributed by atoms with van der Waals surface area (Å²) in [6, 6.07) is 7.20. The summed E-state index contributed by atoms with van der Waals surface area (Å²) in [5.41, 5.74) is 4.73. The summed E-state index contributed by atoms with van der Waals surface area (Å²) in [6.45, 7) is 14.3. The van der Waals surface area contributed by atoms with Gasteiger partial charge in [-0.1, -0.05) is 50.1 Å². The molecule has 1 saturated carbocycles. The maximum absolute atomic E-state index is 12.7. The number of aryl methyl sites for hydroxylation is 2. The maximum Gasteiger partial charge on any atom is 0.315 e. The Labute approximate surface area is 185 Å². The largest absolute Gasteiger partial charge is 0.501 e. The van der Waals surface area contributed by atoms with Crippen molar-refractivity contribution in [2.75, 3.05) is 6.54 Å². The van der Waals surface area contributed by atoms with Crippen molar-refractivity contribution in [1.82, 2.24) is 14.5 Å². The molecule has 0 saturated heterocycles. The average Bonchev–Trinajstić information content (AvgIpc) is 3.20. The van der Waals surface area contributed by atoms with E-state index in [-0.39, 0.29) is 17.2 Å². The molecule has 5 heteroatoms. The van der Waals surface area contributed by atoms with E-state index in [2.05, 4.69) is 66.9 Å². The van der Waals surface area contributed by atoms with Crippen LogP contribution in [-0.4, -0.2) is 32.1 Å². The molecule has 0 spiro atoms. The lowest BCUT2D eigenvalue weighted by molar-refractivity contribution is 0.282. The van der Waals surface area contributed by atoms with E-state index in [1.807, 2.05) is 0 Å². The number of nitrogens with zero attached hydrogens (tertiary/aromatic N) is 3. The molecule has 2 aliphatic rings. The Hall–Kier alpha value is -2.56. The summed E-state index contributed by atoms with van der Waals surface area (Å²) in [5, 5.41) is 10.6. The Bertz CT molecular complexity index is 1060. The lowest BCUT2D eigenvalue weighted by atomic mass is 9.74. The van der Waals surface area contributed by atoms with Gasteiger partial charge < -0.3 is 14.6 Å². The molecular formula is C26H35N3O2. The molecule has 2 aromatic rings. The van der Waals surface area contributed by atoms with Crippen LogP contribution in [0.4, 0.5) is 0 Å². The van der Waals surface area contributed by atoms with Gasteiger partial charge in [0.1, 0.15) is 11.5 Å². The first-order valence-corrected chi connectivity index (χ1v) is 11.7. The van der Waals surface area contributed by atoms with Gasteiger partial charge in [0.2, 0.25) is 5.75 Å². The molecule has 0 bridgehead atoms. The van der Waals surface area contributed by atoms with Crippen LogP contribution >= 0.6 is 0 Å². The summed E-state index contributed by atoms with van der Waals surface area (Å²) < 4.78 is 2.05. The average molecular weight is 422 g/mol. The molecule has 2 heterocycles. The molecule has 0 unspecified atom stereocenters. The second-order valence-corrected chi connectivity index (χ2v) is 9.64. The number of aromatic hydroxyl groups is 1. The predicted molar refractivity (Wildman–Crippen MR) is 125 cm³/mol. The fourth-order valence-electron chi connectivity index (χ4n) is 5.60. The number of fused-ring (bicyclic) bond motifs is 1. The Morgan fingerprint density at radius 1 is 1.19 bits per heavy atom. The molecule has 0 atom stereocenters. The predicted octanol–water partition coefficient (Wildman–Crippen LogP) is 4.57. The smallest absolute Gasteiger partial charge is 0.315 e. The highest BCUT2D eigenvalue weighted by atomic mass is 16.3. The van der Waals surface area contributed by atoms with Crippen molar-refractivity contribution in [1.29, 1.82) is 0 Å². The first-order chi connectivity index (χ1) is 14.8. The van der Waals surface area contributed by atoms with Gasteiger partial charge in [-0.15, -0.1) is 0 Å². The van der Waals surface area contributed by atoms with Gasteiger partial charge in [-0.3, -0.25) is 4.79 Å². The molecule has 1 N–H and O–H groups in total. The van der Waals surface area contributed by atoms with Crippen LogP contribution in [0.5, 0.6) is 5.75 Å². The molecule has 5 nitrogen and oxygen atoms in total. The van der Waals surface area contributed by atoms with Gasteiger partial charge in [-0.2, -0.15) is 4.98 Å². The summed E-state index contributed by atoms with van der Waals surface area (Å²) >= 11 is 0. The van der Waals surface area contributed by atoms with Crippen LogP contribution < -0.4 is 5.56 Å². The van der Waals surface area contributed by atoms with E-state index in [4.69, 9.17) is 0 Å². The normalized spacial score (nSPS) is 18.0. The fraction of sp³-hybridized carbons (Fsp3) is 0.538. The highest BCUT2D eigenvalue weighted by Gasteiger charge is 2.38. The molecule has 166 valence electrons. The van der Waals surface area contributed by atoms with Gasteiger partial charge in [0.25, 0.3) is 0 Å². The molecule has 1 fully saturated rings. The van der Waals surface area contributed by atoms with Gasteiger partial charge in [-0.25, -0.2) is 0 Å². The second kappa shape index (κ2) is 8.18. The first-order valence-electron chi connectivity index (χ1n) is 11.7. The SMILES string of the molecule is C=C1c2c(O)c(=O)nc(CC3(c4cc(C)cc(CC)c4)CCCC3)n2CCN1C(C)C. The Morgan fingerprint density at radius 3 is 2.55 bits per heavy atom. The topological polar surface area (TPSA) is 58.4 Å². The van der Waals surface area contributed by atoms with Crippen molar-refractivity contribution >= 4 is 5.70 Å². The Morgan fingerprint density at radius 2 is 1.90 bits per heavy atom. The van der Waals surface area contributed by atoms with E-state index in [9.17, 15) is 9.90 Å². The zero-order valence-electron chi connectivity index (χ0n) is 19.4.